The van der Waals surface area contributed by atoms with Crippen molar-refractivity contribution in [3.05, 3.63) is 29.6 Å². The van der Waals surface area contributed by atoms with Gasteiger partial charge in [0.1, 0.15) is 5.60 Å². The van der Waals surface area contributed by atoms with Gasteiger partial charge in [-0.05, 0) is 63.6 Å². The van der Waals surface area contributed by atoms with Crippen LogP contribution in [-0.2, 0) is 17.8 Å². The molecule has 1 saturated carbocycles. The van der Waals surface area contributed by atoms with Crippen LogP contribution in [-0.4, -0.2) is 51.1 Å². The molecule has 1 N–H and O–H groups in total. The lowest BCUT2D eigenvalue weighted by molar-refractivity contribution is 0.00325. The van der Waals surface area contributed by atoms with Gasteiger partial charge in [0, 0.05) is 44.5 Å². The molecule has 1 saturated heterocycles. The minimum Gasteiger partial charge on any atom is -0.444 e. The highest BCUT2D eigenvalue weighted by atomic mass is 16.6. The summed E-state index contributed by atoms with van der Waals surface area (Å²) in [5, 5.41) is 3.09. The van der Waals surface area contributed by atoms with E-state index < -0.39 is 5.60 Å². The smallest absolute Gasteiger partial charge is 0.410 e. The Kier molecular flexibility index (Phi) is 4.71. The molecular weight excluding hydrogens is 356 g/mol. The van der Waals surface area contributed by atoms with Crippen LogP contribution in [0.2, 0.25) is 0 Å². The topological polar surface area (TPSA) is 74.8 Å². The molecule has 7 nitrogen and oxygen atoms in total. The van der Waals surface area contributed by atoms with E-state index in [1.165, 1.54) is 0 Å². The third-order valence-corrected chi connectivity index (χ3v) is 6.11. The molecular formula is C21H30N4O3. The summed E-state index contributed by atoms with van der Waals surface area (Å²) in [7, 11) is 0. The van der Waals surface area contributed by atoms with Crippen molar-refractivity contribution in [1.82, 2.24) is 20.1 Å². The second kappa shape index (κ2) is 6.94. The highest BCUT2D eigenvalue weighted by Gasteiger charge is 2.60. The number of carbonyl (C=O) groups is 2. The summed E-state index contributed by atoms with van der Waals surface area (Å²) in [5.74, 6) is 0.302. The van der Waals surface area contributed by atoms with Crippen molar-refractivity contribution in [2.45, 2.75) is 70.7 Å². The molecule has 3 aliphatic rings. The monoisotopic (exact) mass is 386 g/mol. The molecule has 2 unspecified atom stereocenters. The predicted molar refractivity (Wildman–Crippen MR) is 105 cm³/mol. The molecule has 3 amide bonds. The van der Waals surface area contributed by atoms with Gasteiger partial charge in [0.15, 0.2) is 0 Å². The van der Waals surface area contributed by atoms with Crippen LogP contribution in [0.4, 0.5) is 9.59 Å². The quantitative estimate of drug-likeness (QED) is 0.846. The number of hydrogen-bond acceptors (Lipinski definition) is 4. The van der Waals surface area contributed by atoms with Crippen molar-refractivity contribution in [1.29, 1.82) is 0 Å². The molecule has 0 radical (unpaired) electrons. The van der Waals surface area contributed by atoms with E-state index in [1.807, 2.05) is 42.8 Å². The van der Waals surface area contributed by atoms with E-state index >= 15 is 0 Å². The second-order valence-corrected chi connectivity index (χ2v) is 9.28. The van der Waals surface area contributed by atoms with E-state index in [4.69, 9.17) is 4.74 Å². The minimum absolute atomic E-state index is 0.0436. The number of likely N-dealkylation sites (tertiary alicyclic amines) is 1. The van der Waals surface area contributed by atoms with Gasteiger partial charge < -0.3 is 19.9 Å². The maximum Gasteiger partial charge on any atom is 0.410 e. The Bertz CT molecular complexity index is 750. The third-order valence-electron chi connectivity index (χ3n) is 6.11. The van der Waals surface area contributed by atoms with Gasteiger partial charge in [-0.1, -0.05) is 0 Å². The highest BCUT2D eigenvalue weighted by Crippen LogP contribution is 2.54. The fourth-order valence-corrected chi connectivity index (χ4v) is 4.60. The van der Waals surface area contributed by atoms with E-state index in [0.29, 0.717) is 25.6 Å². The number of piperidine rings is 1. The van der Waals surface area contributed by atoms with Gasteiger partial charge in [-0.2, -0.15) is 0 Å². The first kappa shape index (κ1) is 19.0. The molecule has 1 aromatic heterocycles. The van der Waals surface area contributed by atoms with Gasteiger partial charge in [0.25, 0.3) is 0 Å². The summed E-state index contributed by atoms with van der Waals surface area (Å²) < 4.78 is 5.63. The van der Waals surface area contributed by atoms with Crippen molar-refractivity contribution in [2.24, 2.45) is 5.92 Å². The van der Waals surface area contributed by atoms with Crippen molar-refractivity contribution in [3.8, 4) is 0 Å². The Labute approximate surface area is 166 Å². The van der Waals surface area contributed by atoms with Gasteiger partial charge in [-0.25, -0.2) is 9.59 Å². The number of fused-ring (bicyclic) bond motifs is 1. The normalized spacial score (nSPS) is 26.2. The lowest BCUT2D eigenvalue weighted by atomic mass is 9.98. The maximum atomic E-state index is 12.7. The summed E-state index contributed by atoms with van der Waals surface area (Å²) in [6.07, 6.45) is 7.45. The van der Waals surface area contributed by atoms with Gasteiger partial charge in [-0.15, -0.1) is 0 Å². The van der Waals surface area contributed by atoms with Gasteiger partial charge in [0.05, 0.1) is 5.54 Å². The first-order chi connectivity index (χ1) is 13.3. The molecule has 1 aliphatic carbocycles. The van der Waals surface area contributed by atoms with Crippen LogP contribution in [0.3, 0.4) is 0 Å². The minimum atomic E-state index is -0.492. The summed E-state index contributed by atoms with van der Waals surface area (Å²) in [5.41, 5.74) is 1.65. The fourth-order valence-electron chi connectivity index (χ4n) is 4.60. The largest absolute Gasteiger partial charge is 0.444 e. The Morgan fingerprint density at radius 3 is 2.82 bits per heavy atom. The molecule has 3 heterocycles. The molecule has 2 aliphatic heterocycles. The Balaban J connectivity index is 1.33. The molecule has 2 fully saturated rings. The summed E-state index contributed by atoms with van der Waals surface area (Å²) >= 11 is 0. The zero-order chi connectivity index (χ0) is 19.9. The van der Waals surface area contributed by atoms with Crippen LogP contribution in [0.25, 0.3) is 0 Å². The molecule has 0 bridgehead atoms. The number of rotatable bonds is 2. The van der Waals surface area contributed by atoms with Crippen molar-refractivity contribution >= 4 is 12.1 Å². The van der Waals surface area contributed by atoms with Crippen LogP contribution in [0.15, 0.2) is 18.5 Å². The van der Waals surface area contributed by atoms with Crippen LogP contribution in [0, 0.1) is 5.92 Å². The third kappa shape index (κ3) is 3.66. The first-order valence-electron chi connectivity index (χ1n) is 10.2. The fraction of sp³-hybridized carbons (Fsp3) is 0.667. The molecule has 4 rings (SSSR count). The van der Waals surface area contributed by atoms with Crippen molar-refractivity contribution in [3.63, 3.8) is 0 Å². The van der Waals surface area contributed by atoms with Crippen LogP contribution in [0.1, 0.15) is 57.6 Å². The van der Waals surface area contributed by atoms with Crippen molar-refractivity contribution in [2.75, 3.05) is 13.1 Å². The molecule has 7 heteroatoms. The molecule has 28 heavy (non-hydrogen) atoms. The van der Waals surface area contributed by atoms with E-state index in [9.17, 15) is 9.59 Å². The van der Waals surface area contributed by atoms with Crippen molar-refractivity contribution < 1.29 is 14.3 Å². The van der Waals surface area contributed by atoms with Gasteiger partial charge >= 0.3 is 12.1 Å². The number of nitrogens with one attached hydrogen (secondary N) is 1. The molecule has 1 spiro atoms. The predicted octanol–water partition coefficient (Wildman–Crippen LogP) is 3.29. The average Bonchev–Trinajstić information content (AvgIpc) is 3.12. The van der Waals surface area contributed by atoms with Gasteiger partial charge in [-0.3, -0.25) is 4.98 Å². The van der Waals surface area contributed by atoms with E-state index in [0.717, 1.165) is 43.4 Å². The lowest BCUT2D eigenvalue weighted by Crippen LogP contribution is -2.50. The Morgan fingerprint density at radius 1 is 1.29 bits per heavy atom. The highest BCUT2D eigenvalue weighted by molar-refractivity contribution is 5.75. The first-order valence-corrected chi connectivity index (χ1v) is 10.2. The Hall–Kier alpha value is -2.31. The summed E-state index contributed by atoms with van der Waals surface area (Å²) in [4.78, 5) is 33.2. The van der Waals surface area contributed by atoms with E-state index in [-0.39, 0.29) is 17.7 Å². The maximum absolute atomic E-state index is 12.7. The lowest BCUT2D eigenvalue weighted by Gasteiger charge is -2.38. The summed E-state index contributed by atoms with van der Waals surface area (Å²) in [6, 6.07) is 1.93. The zero-order valence-electron chi connectivity index (χ0n) is 17.0. The number of ether oxygens (including phenoxy) is 1. The molecule has 152 valence electrons. The number of pyridine rings is 1. The van der Waals surface area contributed by atoms with E-state index in [1.54, 1.807) is 6.20 Å². The zero-order valence-corrected chi connectivity index (χ0v) is 17.0. The number of carbonyl (C=O) groups excluding carboxylic acids is 2. The molecule has 2 atom stereocenters. The molecule has 0 aromatic carbocycles. The number of urea groups is 1. The van der Waals surface area contributed by atoms with E-state index in [2.05, 4.69) is 10.3 Å². The standard InChI is InChI=1S/C21H30N4O3/c1-20(2,3)28-19(27)25-9-5-4-7-21(25)10-17(21)12-23-18(26)24-13-15-6-8-22-11-16(15)14-24/h6,8,11,17H,4-5,7,9-10,12-14H2,1-3H3,(H,23,26). The second-order valence-electron chi connectivity index (χ2n) is 9.28. The van der Waals surface area contributed by atoms with Crippen LogP contribution < -0.4 is 5.32 Å². The number of amides is 3. The average molecular weight is 386 g/mol. The Morgan fingerprint density at radius 2 is 2.07 bits per heavy atom. The van der Waals surface area contributed by atoms with Crippen LogP contribution in [0.5, 0.6) is 0 Å². The number of aromatic nitrogens is 1. The van der Waals surface area contributed by atoms with Gasteiger partial charge in [0.2, 0.25) is 0 Å². The van der Waals surface area contributed by atoms with Crippen LogP contribution >= 0.6 is 0 Å². The SMILES string of the molecule is CC(C)(C)OC(=O)N1CCCCC12CC2CNC(=O)N1Cc2ccncc2C1. The molecule has 1 aromatic rings. The number of nitrogens with zero attached hydrogens (tertiary/aromatic N) is 3. The number of hydrogen-bond donors (Lipinski definition) is 1. The summed E-state index contributed by atoms with van der Waals surface area (Å²) in [6.45, 7) is 8.27.